The normalized spacial score (nSPS) is 14.2. The maximum absolute atomic E-state index is 12.8. The van der Waals surface area contributed by atoms with E-state index in [1.54, 1.807) is 26.5 Å². The van der Waals surface area contributed by atoms with Gasteiger partial charge >= 0.3 is 6.18 Å². The predicted molar refractivity (Wildman–Crippen MR) is 108 cm³/mol. The van der Waals surface area contributed by atoms with Crippen LogP contribution in [0.1, 0.15) is 22.4 Å². The molecule has 1 aromatic carbocycles. The van der Waals surface area contributed by atoms with Gasteiger partial charge in [-0.05, 0) is 30.2 Å². The first-order chi connectivity index (χ1) is 14.9. The summed E-state index contributed by atoms with van der Waals surface area (Å²) < 4.78 is 49.0. The van der Waals surface area contributed by atoms with E-state index in [9.17, 15) is 13.2 Å². The third-order valence-corrected chi connectivity index (χ3v) is 5.21. The first-order valence-electron chi connectivity index (χ1n) is 9.70. The number of ether oxygens (including phenoxy) is 2. The summed E-state index contributed by atoms with van der Waals surface area (Å²) in [5.74, 6) is 1.41. The zero-order valence-electron chi connectivity index (χ0n) is 17.1. The maximum atomic E-state index is 12.8. The quantitative estimate of drug-likeness (QED) is 0.607. The number of hydrogen-bond acceptors (Lipinski definition) is 6. The van der Waals surface area contributed by atoms with Crippen LogP contribution in [0.5, 0.6) is 11.8 Å². The Balaban J connectivity index is 1.53. The molecule has 2 aromatic heterocycles. The van der Waals surface area contributed by atoms with Gasteiger partial charge in [-0.15, -0.1) is 0 Å². The van der Waals surface area contributed by atoms with Crippen LogP contribution in [0.2, 0.25) is 0 Å². The van der Waals surface area contributed by atoms with Crippen molar-refractivity contribution in [1.82, 2.24) is 19.9 Å². The largest absolute Gasteiger partial charge is 0.481 e. The second-order valence-electron chi connectivity index (χ2n) is 7.22. The number of benzene rings is 1. The number of nitrogens with zero attached hydrogens (tertiary/aromatic N) is 4. The molecule has 0 saturated heterocycles. The van der Waals surface area contributed by atoms with Crippen LogP contribution in [0.3, 0.4) is 0 Å². The summed E-state index contributed by atoms with van der Waals surface area (Å²) in [5, 5.41) is 0. The first kappa shape index (κ1) is 21.0. The number of fused-ring (bicyclic) bond motifs is 1. The molecule has 0 spiro atoms. The highest BCUT2D eigenvalue weighted by Crippen LogP contribution is 2.31. The predicted octanol–water partition coefficient (Wildman–Crippen LogP) is 4.13. The summed E-state index contributed by atoms with van der Waals surface area (Å²) in [6, 6.07) is 8.62. The van der Waals surface area contributed by atoms with Crippen LogP contribution in [0.4, 0.5) is 13.2 Å². The third kappa shape index (κ3) is 4.61. The van der Waals surface area contributed by atoms with Gasteiger partial charge in [-0.3, -0.25) is 4.90 Å². The highest BCUT2D eigenvalue weighted by Gasteiger charge is 2.30. The summed E-state index contributed by atoms with van der Waals surface area (Å²) in [4.78, 5) is 15.5. The van der Waals surface area contributed by atoms with E-state index >= 15 is 0 Å². The van der Waals surface area contributed by atoms with Crippen LogP contribution in [0, 0.1) is 0 Å². The summed E-state index contributed by atoms with van der Waals surface area (Å²) in [6.07, 6.45) is -1.82. The number of aromatic nitrogens is 3. The molecule has 9 heteroatoms. The zero-order chi connectivity index (χ0) is 22.0. The Hall–Kier alpha value is -3.20. The fourth-order valence-corrected chi connectivity index (χ4v) is 3.54. The van der Waals surface area contributed by atoms with E-state index in [1.807, 2.05) is 6.07 Å². The van der Waals surface area contributed by atoms with Gasteiger partial charge in [0.2, 0.25) is 11.8 Å². The molecular formula is C22H21F3N4O2. The highest BCUT2D eigenvalue weighted by molar-refractivity contribution is 5.56. The van der Waals surface area contributed by atoms with Crippen molar-refractivity contribution >= 4 is 0 Å². The Labute approximate surface area is 177 Å². The Kier molecular flexibility index (Phi) is 5.77. The van der Waals surface area contributed by atoms with Gasteiger partial charge in [0.05, 0.1) is 25.5 Å². The SMILES string of the molecule is COc1ccc(CN2CCc3cnc(-c4ccc(C(F)(F)F)cc4)nc3C2)c(OC)n1. The molecule has 6 nitrogen and oxygen atoms in total. The van der Waals surface area contributed by atoms with Gasteiger partial charge < -0.3 is 9.47 Å². The van der Waals surface area contributed by atoms with Crippen molar-refractivity contribution in [1.29, 1.82) is 0 Å². The molecule has 0 N–H and O–H groups in total. The molecule has 1 aliphatic rings. The molecule has 3 heterocycles. The molecule has 31 heavy (non-hydrogen) atoms. The fraction of sp³-hybridized carbons (Fsp3) is 0.318. The van der Waals surface area contributed by atoms with Gasteiger partial charge in [-0.25, -0.2) is 9.97 Å². The van der Waals surface area contributed by atoms with Gasteiger partial charge in [-0.1, -0.05) is 12.1 Å². The Bertz CT molecular complexity index is 1070. The van der Waals surface area contributed by atoms with E-state index in [0.717, 1.165) is 41.9 Å². The van der Waals surface area contributed by atoms with E-state index in [0.29, 0.717) is 36.2 Å². The van der Waals surface area contributed by atoms with Crippen LogP contribution in [0.15, 0.2) is 42.6 Å². The van der Waals surface area contributed by atoms with E-state index < -0.39 is 11.7 Å². The van der Waals surface area contributed by atoms with Crippen molar-refractivity contribution in [2.45, 2.75) is 25.7 Å². The van der Waals surface area contributed by atoms with Crippen molar-refractivity contribution in [3.63, 3.8) is 0 Å². The van der Waals surface area contributed by atoms with Crippen LogP contribution < -0.4 is 9.47 Å². The topological polar surface area (TPSA) is 60.4 Å². The van der Waals surface area contributed by atoms with Crippen molar-refractivity contribution in [3.8, 4) is 23.1 Å². The van der Waals surface area contributed by atoms with Gasteiger partial charge in [0.25, 0.3) is 0 Å². The average Bonchev–Trinajstić information content (AvgIpc) is 2.78. The molecule has 4 rings (SSSR count). The molecule has 162 valence electrons. The number of halogens is 3. The number of alkyl halides is 3. The minimum atomic E-state index is -4.37. The van der Waals surface area contributed by atoms with E-state index in [4.69, 9.17) is 9.47 Å². The van der Waals surface area contributed by atoms with E-state index in [1.165, 1.54) is 12.1 Å². The van der Waals surface area contributed by atoms with Gasteiger partial charge in [0, 0.05) is 43.0 Å². The Morgan fingerprint density at radius 1 is 1.00 bits per heavy atom. The first-order valence-corrected chi connectivity index (χ1v) is 9.70. The zero-order valence-corrected chi connectivity index (χ0v) is 17.1. The minimum Gasteiger partial charge on any atom is -0.481 e. The average molecular weight is 430 g/mol. The molecule has 1 aliphatic heterocycles. The molecule has 0 bridgehead atoms. The van der Waals surface area contributed by atoms with Crippen LogP contribution in [-0.2, 0) is 25.7 Å². The molecule has 0 radical (unpaired) electrons. The van der Waals surface area contributed by atoms with E-state index in [2.05, 4.69) is 19.9 Å². The molecule has 0 saturated carbocycles. The standard InChI is InChI=1S/C22H21F3N4O2/c1-30-19-8-5-16(21(28-19)31-2)12-29-10-9-15-11-26-20(27-18(15)13-29)14-3-6-17(7-4-14)22(23,24)25/h3-8,11H,9-10,12-13H2,1-2H3. The van der Waals surface area contributed by atoms with Crippen LogP contribution >= 0.6 is 0 Å². The molecule has 0 fully saturated rings. The second-order valence-corrected chi connectivity index (χ2v) is 7.22. The lowest BCUT2D eigenvalue weighted by Crippen LogP contribution is -2.31. The van der Waals surface area contributed by atoms with Crippen LogP contribution in [-0.4, -0.2) is 40.6 Å². The Morgan fingerprint density at radius 3 is 2.45 bits per heavy atom. The molecule has 0 atom stereocenters. The number of rotatable bonds is 5. The van der Waals surface area contributed by atoms with Gasteiger partial charge in [0.15, 0.2) is 5.82 Å². The maximum Gasteiger partial charge on any atom is 0.416 e. The van der Waals surface area contributed by atoms with Crippen molar-refractivity contribution < 1.29 is 22.6 Å². The van der Waals surface area contributed by atoms with Crippen molar-refractivity contribution in [2.24, 2.45) is 0 Å². The van der Waals surface area contributed by atoms with Gasteiger partial charge in [0.1, 0.15) is 0 Å². The third-order valence-electron chi connectivity index (χ3n) is 5.21. The molecule has 3 aromatic rings. The smallest absolute Gasteiger partial charge is 0.416 e. The molecule has 0 aliphatic carbocycles. The Morgan fingerprint density at radius 2 is 1.77 bits per heavy atom. The minimum absolute atomic E-state index is 0.415. The molecule has 0 amide bonds. The lowest BCUT2D eigenvalue weighted by atomic mass is 10.1. The van der Waals surface area contributed by atoms with Crippen molar-refractivity contribution in [2.75, 3.05) is 20.8 Å². The summed E-state index contributed by atoms with van der Waals surface area (Å²) in [6.45, 7) is 2.05. The lowest BCUT2D eigenvalue weighted by Gasteiger charge is -2.28. The number of pyridine rings is 1. The molecular weight excluding hydrogens is 409 g/mol. The monoisotopic (exact) mass is 430 g/mol. The highest BCUT2D eigenvalue weighted by atomic mass is 19.4. The summed E-state index contributed by atoms with van der Waals surface area (Å²) in [7, 11) is 3.12. The summed E-state index contributed by atoms with van der Waals surface area (Å²) >= 11 is 0. The van der Waals surface area contributed by atoms with E-state index in [-0.39, 0.29) is 0 Å². The second kappa shape index (κ2) is 8.50. The molecule has 0 unspecified atom stereocenters. The van der Waals surface area contributed by atoms with Crippen LogP contribution in [0.25, 0.3) is 11.4 Å². The number of hydrogen-bond donors (Lipinski definition) is 0. The number of methoxy groups -OCH3 is 2. The van der Waals surface area contributed by atoms with Gasteiger partial charge in [-0.2, -0.15) is 18.2 Å². The fourth-order valence-electron chi connectivity index (χ4n) is 3.54. The summed E-state index contributed by atoms with van der Waals surface area (Å²) in [5.41, 5.74) is 2.71. The lowest BCUT2D eigenvalue weighted by molar-refractivity contribution is -0.137. The van der Waals surface area contributed by atoms with Crippen molar-refractivity contribution in [3.05, 3.63) is 65.0 Å².